The fraction of sp³-hybridized carbons (Fsp3) is 0. The van der Waals surface area contributed by atoms with Crippen LogP contribution in [-0.2, 0) is 20.0 Å². The molecule has 0 spiro atoms. The van der Waals surface area contributed by atoms with Gasteiger partial charge in [-0.1, -0.05) is 12.1 Å². The Bertz CT molecular complexity index is 1030. The van der Waals surface area contributed by atoms with Crippen molar-refractivity contribution in [3.63, 3.8) is 0 Å². The first kappa shape index (κ1) is 18.8. The lowest BCUT2D eigenvalue weighted by atomic mass is 10.2. The Labute approximate surface area is 156 Å². The van der Waals surface area contributed by atoms with Crippen LogP contribution in [0.2, 0.25) is 0 Å². The van der Waals surface area contributed by atoms with Crippen molar-refractivity contribution in [2.45, 2.75) is 8.42 Å². The molecule has 138 valence electrons. The van der Waals surface area contributed by atoms with Crippen molar-refractivity contribution in [3.8, 4) is 0 Å². The Morgan fingerprint density at radius 3 is 1.42 bits per heavy atom. The average Bonchev–Trinajstić information content (AvgIpc) is 3.24. The van der Waals surface area contributed by atoms with E-state index in [1.807, 2.05) is 0 Å². The van der Waals surface area contributed by atoms with E-state index in [1.165, 1.54) is 35.0 Å². The second-order valence-corrected chi connectivity index (χ2v) is 10.6. The molecule has 1 aromatic carbocycles. The number of benzene rings is 1. The van der Waals surface area contributed by atoms with Crippen LogP contribution in [0.3, 0.4) is 0 Å². The molecule has 2 aromatic heterocycles. The third kappa shape index (κ3) is 3.87. The number of nitrogens with one attached hydrogen (secondary N) is 2. The van der Waals surface area contributed by atoms with Crippen molar-refractivity contribution in [2.24, 2.45) is 0 Å². The highest BCUT2D eigenvalue weighted by Crippen LogP contribution is 2.31. The van der Waals surface area contributed by atoms with Gasteiger partial charge in [0.1, 0.15) is 8.42 Å². The fourth-order valence-electron chi connectivity index (χ4n) is 1.94. The van der Waals surface area contributed by atoms with Crippen LogP contribution >= 0.6 is 22.7 Å². The van der Waals surface area contributed by atoms with Crippen LogP contribution in [0.15, 0.2) is 55.6 Å². The number of hydrogen-bond acceptors (Lipinski definition) is 6. The molecule has 3 rings (SSSR count). The van der Waals surface area contributed by atoms with E-state index in [9.17, 15) is 25.6 Å². The minimum atomic E-state index is -4.08. The third-order valence-corrected chi connectivity index (χ3v) is 8.59. The van der Waals surface area contributed by atoms with Crippen LogP contribution in [-0.4, -0.2) is 16.8 Å². The van der Waals surface area contributed by atoms with Gasteiger partial charge >= 0.3 is 0 Å². The summed E-state index contributed by atoms with van der Waals surface area (Å²) in [5.41, 5.74) is -0.866. The number of anilines is 2. The summed E-state index contributed by atoms with van der Waals surface area (Å²) < 4.78 is 80.5. The Kier molecular flexibility index (Phi) is 5.01. The Morgan fingerprint density at radius 1 is 0.731 bits per heavy atom. The maximum atomic E-state index is 13.6. The summed E-state index contributed by atoms with van der Waals surface area (Å²) in [5, 5.41) is 3.06. The van der Waals surface area contributed by atoms with E-state index >= 15 is 0 Å². The van der Waals surface area contributed by atoms with Crippen molar-refractivity contribution in [1.29, 1.82) is 0 Å². The maximum Gasteiger partial charge on any atom is 0.271 e. The highest BCUT2D eigenvalue weighted by Gasteiger charge is 2.23. The predicted molar refractivity (Wildman–Crippen MR) is 96.6 cm³/mol. The van der Waals surface area contributed by atoms with Crippen molar-refractivity contribution in [1.82, 2.24) is 0 Å². The summed E-state index contributed by atoms with van der Waals surface area (Å²) in [6, 6.07) is 6.81. The first-order valence-corrected chi connectivity index (χ1v) is 11.5. The Balaban J connectivity index is 2.02. The van der Waals surface area contributed by atoms with Gasteiger partial charge in [0.2, 0.25) is 0 Å². The van der Waals surface area contributed by atoms with Gasteiger partial charge in [0.25, 0.3) is 20.0 Å². The van der Waals surface area contributed by atoms with Gasteiger partial charge in [-0.3, -0.25) is 9.44 Å². The quantitative estimate of drug-likeness (QED) is 0.616. The number of hydrogen-bond donors (Lipinski definition) is 2. The number of sulfonamides is 2. The van der Waals surface area contributed by atoms with Crippen LogP contribution in [0, 0.1) is 11.6 Å². The summed E-state index contributed by atoms with van der Waals surface area (Å²) >= 11 is 1.84. The van der Waals surface area contributed by atoms with Crippen molar-refractivity contribution >= 4 is 54.1 Å². The normalized spacial score (nSPS) is 12.1. The number of halogens is 2. The van der Waals surface area contributed by atoms with Crippen molar-refractivity contribution < 1.29 is 25.6 Å². The average molecular weight is 437 g/mol. The molecule has 2 heterocycles. The molecule has 3 aromatic rings. The second-order valence-electron chi connectivity index (χ2n) is 4.89. The zero-order valence-corrected chi connectivity index (χ0v) is 15.9. The van der Waals surface area contributed by atoms with Gasteiger partial charge in [-0.05, 0) is 22.9 Å². The van der Waals surface area contributed by atoms with Gasteiger partial charge in [0.05, 0.1) is 11.4 Å². The molecular formula is C14H10F2N2O4S4. The molecule has 0 fully saturated rings. The lowest BCUT2D eigenvalue weighted by Gasteiger charge is -2.14. The second kappa shape index (κ2) is 6.95. The minimum Gasteiger partial charge on any atom is -0.277 e. The molecule has 0 amide bonds. The van der Waals surface area contributed by atoms with Crippen LogP contribution in [0.1, 0.15) is 0 Å². The first-order chi connectivity index (χ1) is 12.2. The van der Waals surface area contributed by atoms with E-state index < -0.39 is 43.1 Å². The zero-order valence-electron chi connectivity index (χ0n) is 12.6. The molecule has 0 radical (unpaired) electrons. The summed E-state index contributed by atoms with van der Waals surface area (Å²) in [7, 11) is -8.17. The van der Waals surface area contributed by atoms with Crippen LogP contribution in [0.4, 0.5) is 20.2 Å². The van der Waals surface area contributed by atoms with E-state index in [-0.39, 0.29) is 8.42 Å². The van der Waals surface area contributed by atoms with Crippen LogP contribution in [0.25, 0.3) is 0 Å². The molecule has 0 bridgehead atoms. The van der Waals surface area contributed by atoms with Gasteiger partial charge < -0.3 is 0 Å². The van der Waals surface area contributed by atoms with E-state index in [0.717, 1.165) is 22.7 Å². The molecule has 0 aliphatic heterocycles. The number of rotatable bonds is 6. The highest BCUT2D eigenvalue weighted by molar-refractivity contribution is 7.95. The van der Waals surface area contributed by atoms with Crippen LogP contribution in [0.5, 0.6) is 0 Å². The Hall–Kier alpha value is -2.02. The summed E-state index contributed by atoms with van der Waals surface area (Å²) in [6.45, 7) is 0. The van der Waals surface area contributed by atoms with Gasteiger partial charge in [-0.25, -0.2) is 25.6 Å². The standard InChI is InChI=1S/C14H10F2N2O4S4/c15-9-7-11(17-25(19,20)13-3-1-5-23-13)12(8-10(9)16)18-26(21,22)14-4-2-6-24-14/h1-8,17-18H. The first-order valence-electron chi connectivity index (χ1n) is 6.81. The lowest BCUT2D eigenvalue weighted by Crippen LogP contribution is -2.17. The van der Waals surface area contributed by atoms with Gasteiger partial charge in [-0.15, -0.1) is 22.7 Å². The maximum absolute atomic E-state index is 13.6. The van der Waals surface area contributed by atoms with E-state index in [1.54, 1.807) is 0 Å². The van der Waals surface area contributed by atoms with Crippen LogP contribution < -0.4 is 9.44 Å². The molecule has 0 saturated heterocycles. The highest BCUT2D eigenvalue weighted by atomic mass is 32.3. The molecule has 0 atom stereocenters. The summed E-state index contributed by atoms with van der Waals surface area (Å²) in [6.07, 6.45) is 0. The van der Waals surface area contributed by atoms with E-state index in [2.05, 4.69) is 9.44 Å². The largest absolute Gasteiger partial charge is 0.277 e. The smallest absolute Gasteiger partial charge is 0.271 e. The molecule has 0 unspecified atom stereocenters. The predicted octanol–water partition coefficient (Wildman–Crippen LogP) is 3.69. The lowest BCUT2D eigenvalue weighted by molar-refractivity contribution is 0.509. The summed E-state index contributed by atoms with van der Waals surface area (Å²) in [4.78, 5) is 0. The topological polar surface area (TPSA) is 92.3 Å². The van der Waals surface area contributed by atoms with Gasteiger partial charge in [0, 0.05) is 12.1 Å². The molecule has 6 nitrogen and oxygen atoms in total. The SMILES string of the molecule is O=S(=O)(Nc1cc(F)c(F)cc1NS(=O)(=O)c1cccs1)c1cccs1. The van der Waals surface area contributed by atoms with Crippen molar-refractivity contribution in [3.05, 3.63) is 58.8 Å². The monoisotopic (exact) mass is 436 g/mol. The zero-order chi connectivity index (χ0) is 18.9. The van der Waals surface area contributed by atoms with E-state index in [0.29, 0.717) is 12.1 Å². The molecular weight excluding hydrogens is 426 g/mol. The number of thiophene rings is 2. The fourth-order valence-corrected chi connectivity index (χ4v) is 6.07. The molecule has 2 N–H and O–H groups in total. The molecule has 12 heteroatoms. The Morgan fingerprint density at radius 2 is 1.12 bits per heavy atom. The summed E-state index contributed by atoms with van der Waals surface area (Å²) in [5.74, 6) is -2.65. The molecule has 26 heavy (non-hydrogen) atoms. The van der Waals surface area contributed by atoms with Gasteiger partial charge in [0.15, 0.2) is 11.6 Å². The van der Waals surface area contributed by atoms with E-state index in [4.69, 9.17) is 0 Å². The third-order valence-electron chi connectivity index (χ3n) is 3.07. The van der Waals surface area contributed by atoms with Crippen molar-refractivity contribution in [2.75, 3.05) is 9.44 Å². The minimum absolute atomic E-state index is 0.0608. The molecule has 0 saturated carbocycles. The molecule has 0 aliphatic rings. The van der Waals surface area contributed by atoms with Gasteiger partial charge in [-0.2, -0.15) is 0 Å². The molecule has 0 aliphatic carbocycles.